The third-order valence-corrected chi connectivity index (χ3v) is 8.31. The maximum absolute atomic E-state index is 14.0. The summed E-state index contributed by atoms with van der Waals surface area (Å²) in [4.78, 5) is 40.7. The van der Waals surface area contributed by atoms with E-state index in [2.05, 4.69) is 44.9 Å². The van der Waals surface area contributed by atoms with Crippen molar-refractivity contribution >= 4 is 68.0 Å². The third-order valence-electron chi connectivity index (χ3n) is 8.31. The highest BCUT2D eigenvalue weighted by molar-refractivity contribution is 5.87. The van der Waals surface area contributed by atoms with Gasteiger partial charge >= 0.3 is 0 Å². The summed E-state index contributed by atoms with van der Waals surface area (Å²) in [7, 11) is 0. The molecule has 3 aromatic carbocycles. The van der Waals surface area contributed by atoms with E-state index in [0.29, 0.717) is 16.7 Å². The van der Waals surface area contributed by atoms with Crippen LogP contribution < -0.4 is 22.1 Å². The molecule has 9 aromatic rings. The number of nitrogens with two attached hydrogens (primary N) is 3. The molecule has 6 heterocycles. The second-order valence-electron chi connectivity index (χ2n) is 11.5. The predicted molar refractivity (Wildman–Crippen MR) is 187 cm³/mol. The molecule has 0 unspecified atom stereocenters. The van der Waals surface area contributed by atoms with E-state index in [1.807, 2.05) is 77.7 Å². The van der Waals surface area contributed by atoms with Crippen LogP contribution in [-0.4, -0.2) is 59.2 Å². The van der Waals surface area contributed by atoms with Crippen LogP contribution in [0.4, 0.5) is 48.0 Å². The summed E-state index contributed by atoms with van der Waals surface area (Å²) >= 11 is 0. The molecule has 9 rings (SSSR count). The Hall–Kier alpha value is -7.70. The summed E-state index contributed by atoms with van der Waals surface area (Å²) in [6, 6.07) is 22.1. The molecule has 0 aliphatic carbocycles. The Morgan fingerprint density at radius 3 is 0.942 bits per heavy atom. The van der Waals surface area contributed by atoms with Crippen molar-refractivity contribution in [3.63, 3.8) is 0 Å². The summed E-state index contributed by atoms with van der Waals surface area (Å²) < 4.78 is 42.1. The van der Waals surface area contributed by atoms with E-state index in [1.165, 1.54) is 0 Å². The largest absolute Gasteiger partial charge is 0.382 e. The molecule has 0 saturated heterocycles. The lowest BCUT2D eigenvalue weighted by Gasteiger charge is -2.26. The lowest BCUT2D eigenvalue weighted by atomic mass is 10.1. The fourth-order valence-electron chi connectivity index (χ4n) is 5.87. The van der Waals surface area contributed by atoms with Crippen LogP contribution in [0.1, 0.15) is 0 Å². The highest BCUT2D eigenvalue weighted by Gasteiger charge is 2.19. The Labute approximate surface area is 288 Å². The second kappa shape index (κ2) is 11.4. The molecule has 0 aliphatic rings. The number of fused-ring (bicyclic) bond motifs is 3. The smallest absolute Gasteiger partial charge is 0.186 e. The van der Waals surface area contributed by atoms with Gasteiger partial charge in [0.15, 0.2) is 68.4 Å². The maximum atomic E-state index is 14.0. The number of anilines is 6. The van der Waals surface area contributed by atoms with Crippen molar-refractivity contribution in [1.29, 1.82) is 0 Å². The van der Waals surface area contributed by atoms with E-state index in [1.54, 1.807) is 0 Å². The molecule has 52 heavy (non-hydrogen) atoms. The molecule has 0 spiro atoms. The van der Waals surface area contributed by atoms with Crippen LogP contribution in [0.3, 0.4) is 0 Å². The Bertz CT molecular complexity index is 2500. The molecule has 6 N–H and O–H groups in total. The van der Waals surface area contributed by atoms with Crippen molar-refractivity contribution in [2.75, 3.05) is 22.1 Å². The minimum absolute atomic E-state index is 0.00591. The molecule has 254 valence electrons. The summed E-state index contributed by atoms with van der Waals surface area (Å²) in [6.07, 6.45) is 2.93. The minimum Gasteiger partial charge on any atom is -0.382 e. The third kappa shape index (κ3) is 4.90. The quantitative estimate of drug-likeness (QED) is 0.195. The zero-order chi connectivity index (χ0) is 35.7. The number of hydrogen-bond acceptors (Lipinski definition) is 13. The van der Waals surface area contributed by atoms with Gasteiger partial charge < -0.3 is 22.1 Å². The van der Waals surface area contributed by atoms with Crippen molar-refractivity contribution in [3.8, 4) is 34.2 Å². The van der Waals surface area contributed by atoms with Crippen LogP contribution in [0.25, 0.3) is 67.7 Å². The van der Waals surface area contributed by atoms with Gasteiger partial charge in [-0.05, 0) is 72.8 Å². The maximum Gasteiger partial charge on any atom is 0.186 e. The second-order valence-corrected chi connectivity index (χ2v) is 11.5. The topological polar surface area (TPSA) is 212 Å². The molecule has 19 heteroatoms. The highest BCUT2D eigenvalue weighted by atomic mass is 19.2. The molecule has 6 aromatic heterocycles. The van der Waals surface area contributed by atoms with Crippen LogP contribution in [0, 0.1) is 0 Å². The highest BCUT2D eigenvalue weighted by Crippen LogP contribution is 2.37. The number of halogens is 3. The van der Waals surface area contributed by atoms with Gasteiger partial charge in [-0.3, -0.25) is 0 Å². The molecule has 16 nitrogen and oxygen atoms in total. The van der Waals surface area contributed by atoms with Crippen molar-refractivity contribution in [2.24, 2.45) is 0 Å². The Morgan fingerprint density at radius 2 is 0.673 bits per heavy atom. The number of rotatable bonds is 6. The summed E-state index contributed by atoms with van der Waals surface area (Å²) in [5.41, 5.74) is 22.5. The lowest BCUT2D eigenvalue weighted by molar-refractivity contribution is 0.384. The van der Waals surface area contributed by atoms with Gasteiger partial charge in [-0.25, -0.2) is 44.9 Å². The zero-order valence-corrected chi connectivity index (χ0v) is 26.3. The fourth-order valence-corrected chi connectivity index (χ4v) is 5.87. The SMILES string of the molecule is Nc1nc(-c2ccc(N(c3ccc(-c4nc(N)c5c(ncn5F)n4)cc3)c3ccc(-c4nc(N)c5c(ncn5F)n4)cc3)cc2)nc2ncn(F)c12. The molecule has 0 atom stereocenters. The molecule has 0 bridgehead atoms. The van der Waals surface area contributed by atoms with Gasteiger partial charge in [-0.1, -0.05) is 13.4 Å². The Balaban J connectivity index is 1.10. The van der Waals surface area contributed by atoms with Gasteiger partial charge in [0.2, 0.25) is 0 Å². The normalized spacial score (nSPS) is 11.6. The number of benzene rings is 3. The van der Waals surface area contributed by atoms with E-state index in [9.17, 15) is 13.4 Å². The number of imidazole rings is 3. The number of hydrogen-bond donors (Lipinski definition) is 3. The van der Waals surface area contributed by atoms with Gasteiger partial charge in [0, 0.05) is 33.8 Å². The number of aromatic nitrogens is 12. The summed E-state index contributed by atoms with van der Waals surface area (Å²) in [5, 5.41) is 0. The first-order chi connectivity index (χ1) is 25.2. The summed E-state index contributed by atoms with van der Waals surface area (Å²) in [6.45, 7) is 0. The van der Waals surface area contributed by atoms with Crippen LogP contribution in [0.2, 0.25) is 0 Å². The van der Waals surface area contributed by atoms with Crippen molar-refractivity contribution in [3.05, 3.63) is 91.8 Å². The Kier molecular flexibility index (Phi) is 6.68. The molecule has 0 radical (unpaired) electrons. The van der Waals surface area contributed by atoms with Gasteiger partial charge in [-0.2, -0.15) is 14.4 Å². The first-order valence-electron chi connectivity index (χ1n) is 15.3. The first kappa shape index (κ1) is 30.4. The number of nitrogen functional groups attached to an aromatic ring is 3. The average Bonchev–Trinajstić information content (AvgIpc) is 3.85. The molecule has 0 aliphatic heterocycles. The van der Waals surface area contributed by atoms with Crippen molar-refractivity contribution < 1.29 is 13.4 Å². The van der Waals surface area contributed by atoms with E-state index in [0.717, 1.165) is 36.0 Å². The van der Waals surface area contributed by atoms with Crippen molar-refractivity contribution in [2.45, 2.75) is 0 Å². The molecule has 0 amide bonds. The average molecular weight is 699 g/mol. The number of nitrogens with zero attached hydrogens (tertiary/aromatic N) is 13. The van der Waals surface area contributed by atoms with Crippen molar-refractivity contribution in [1.82, 2.24) is 59.2 Å². The molecular formula is C33H21F3N16. The molecular weight excluding hydrogens is 677 g/mol. The minimum atomic E-state index is -0.0447. The van der Waals surface area contributed by atoms with Crippen LogP contribution >= 0.6 is 0 Å². The van der Waals surface area contributed by atoms with Crippen LogP contribution in [0.15, 0.2) is 91.8 Å². The standard InChI is InChI=1S/C33H21F3N16/c34-49-13-40-31-22(49)25(37)43-28(46-31)16-1-7-19(8-2-16)52(20-9-3-17(4-10-20)29-44-26(38)23-32(47-29)41-14-50(23)35)21-11-5-18(6-12-21)30-45-27(39)24-33(48-30)42-15-51(24)36/h1-15H,(H2,37,43,46)(H2,38,44,47)(H2,39,45,48). The first-order valence-corrected chi connectivity index (χ1v) is 15.3. The van der Waals surface area contributed by atoms with Gasteiger partial charge in [0.25, 0.3) is 0 Å². The van der Waals surface area contributed by atoms with Gasteiger partial charge in [0.1, 0.15) is 19.0 Å². The zero-order valence-electron chi connectivity index (χ0n) is 26.3. The van der Waals surface area contributed by atoms with E-state index in [-0.39, 0.29) is 82.8 Å². The van der Waals surface area contributed by atoms with E-state index >= 15 is 0 Å². The van der Waals surface area contributed by atoms with E-state index < -0.39 is 0 Å². The lowest BCUT2D eigenvalue weighted by Crippen LogP contribution is -2.10. The summed E-state index contributed by atoms with van der Waals surface area (Å²) in [5.74, 6) is 0.694. The molecule has 0 saturated carbocycles. The van der Waals surface area contributed by atoms with Crippen LogP contribution in [0.5, 0.6) is 0 Å². The van der Waals surface area contributed by atoms with Crippen LogP contribution in [-0.2, 0) is 0 Å². The predicted octanol–water partition coefficient (Wildman–Crippen LogP) is 5.52. The Morgan fingerprint density at radius 1 is 0.404 bits per heavy atom. The molecule has 0 fully saturated rings. The fraction of sp³-hybridized carbons (Fsp3) is 0. The monoisotopic (exact) mass is 698 g/mol. The van der Waals surface area contributed by atoms with E-state index in [4.69, 9.17) is 17.2 Å². The van der Waals surface area contributed by atoms with Gasteiger partial charge in [0.05, 0.1) is 0 Å². The van der Waals surface area contributed by atoms with Gasteiger partial charge in [-0.15, -0.1) is 0 Å².